The van der Waals surface area contributed by atoms with Crippen LogP contribution in [0.4, 0.5) is 10.5 Å². The number of rotatable bonds is 3. The molecule has 1 rings (SSSR count). The van der Waals surface area contributed by atoms with Crippen molar-refractivity contribution >= 4 is 17.7 Å². The SMILES string of the molecule is NC(=O)OC(=O)CNc1ccc(O)cc1. The second-order valence-electron chi connectivity index (χ2n) is 2.69. The average Bonchev–Trinajstić information content (AvgIpc) is 2.16. The maximum absolute atomic E-state index is 10.9. The van der Waals surface area contributed by atoms with Crippen LogP contribution in [0.15, 0.2) is 24.3 Å². The minimum absolute atomic E-state index is 0.125. The van der Waals surface area contributed by atoms with Crippen molar-refractivity contribution in [3.63, 3.8) is 0 Å². The summed E-state index contributed by atoms with van der Waals surface area (Å²) in [5.74, 6) is -0.643. The molecule has 0 heterocycles. The number of esters is 1. The summed E-state index contributed by atoms with van der Waals surface area (Å²) in [5, 5.41) is 11.7. The van der Waals surface area contributed by atoms with E-state index in [1.54, 1.807) is 12.1 Å². The lowest BCUT2D eigenvalue weighted by atomic mass is 10.3. The lowest BCUT2D eigenvalue weighted by Crippen LogP contribution is -2.23. The van der Waals surface area contributed by atoms with Gasteiger partial charge in [0.1, 0.15) is 12.3 Å². The Labute approximate surface area is 85.6 Å². The maximum Gasteiger partial charge on any atom is 0.412 e. The molecule has 0 spiro atoms. The van der Waals surface area contributed by atoms with E-state index in [1.165, 1.54) is 12.1 Å². The number of hydrogen-bond donors (Lipinski definition) is 3. The molecule has 0 aliphatic rings. The Kier molecular flexibility index (Phi) is 3.50. The van der Waals surface area contributed by atoms with Gasteiger partial charge in [0.25, 0.3) is 0 Å². The van der Waals surface area contributed by atoms with E-state index in [-0.39, 0.29) is 12.3 Å². The predicted molar refractivity (Wildman–Crippen MR) is 52.3 cm³/mol. The third kappa shape index (κ3) is 3.99. The molecular weight excluding hydrogens is 200 g/mol. The van der Waals surface area contributed by atoms with Crippen LogP contribution in [-0.2, 0) is 9.53 Å². The van der Waals surface area contributed by atoms with Crippen molar-refractivity contribution in [3.05, 3.63) is 24.3 Å². The van der Waals surface area contributed by atoms with Gasteiger partial charge >= 0.3 is 12.1 Å². The van der Waals surface area contributed by atoms with Crippen LogP contribution in [0.1, 0.15) is 0 Å². The number of anilines is 1. The summed E-state index contributed by atoms with van der Waals surface area (Å²) >= 11 is 0. The Morgan fingerprint density at radius 1 is 1.33 bits per heavy atom. The van der Waals surface area contributed by atoms with Crippen LogP contribution in [0, 0.1) is 0 Å². The fourth-order valence-corrected chi connectivity index (χ4v) is 0.902. The van der Waals surface area contributed by atoms with E-state index in [2.05, 4.69) is 15.8 Å². The highest BCUT2D eigenvalue weighted by Gasteiger charge is 2.05. The van der Waals surface area contributed by atoms with Crippen LogP contribution < -0.4 is 11.1 Å². The largest absolute Gasteiger partial charge is 0.508 e. The van der Waals surface area contributed by atoms with Gasteiger partial charge in [0.15, 0.2) is 0 Å². The number of nitrogens with two attached hydrogens (primary N) is 1. The van der Waals surface area contributed by atoms with Gasteiger partial charge in [0, 0.05) is 5.69 Å². The molecule has 0 bridgehead atoms. The third-order valence-electron chi connectivity index (χ3n) is 1.52. The molecule has 0 aromatic heterocycles. The van der Waals surface area contributed by atoms with Gasteiger partial charge in [0.2, 0.25) is 0 Å². The summed E-state index contributed by atoms with van der Waals surface area (Å²) in [6.45, 7) is -0.173. The molecule has 0 aliphatic heterocycles. The minimum atomic E-state index is -1.13. The second-order valence-corrected chi connectivity index (χ2v) is 2.69. The molecule has 1 aromatic rings. The number of amides is 1. The first-order chi connectivity index (χ1) is 7.08. The van der Waals surface area contributed by atoms with E-state index in [0.29, 0.717) is 5.69 Å². The number of ether oxygens (including phenoxy) is 1. The molecule has 0 saturated heterocycles. The summed E-state index contributed by atoms with van der Waals surface area (Å²) in [5.41, 5.74) is 5.26. The van der Waals surface area contributed by atoms with Gasteiger partial charge in [-0.05, 0) is 24.3 Å². The molecule has 6 heteroatoms. The molecule has 15 heavy (non-hydrogen) atoms. The van der Waals surface area contributed by atoms with Crippen molar-refractivity contribution in [2.24, 2.45) is 5.73 Å². The maximum atomic E-state index is 10.9. The van der Waals surface area contributed by atoms with Crippen molar-refractivity contribution < 1.29 is 19.4 Å². The first-order valence-electron chi connectivity index (χ1n) is 4.11. The van der Waals surface area contributed by atoms with Crippen LogP contribution in [0.5, 0.6) is 5.75 Å². The van der Waals surface area contributed by atoms with Crippen LogP contribution in [0.2, 0.25) is 0 Å². The molecule has 0 atom stereocenters. The van der Waals surface area contributed by atoms with E-state index in [4.69, 9.17) is 5.11 Å². The topological polar surface area (TPSA) is 102 Å². The highest BCUT2D eigenvalue weighted by atomic mass is 16.6. The van der Waals surface area contributed by atoms with Gasteiger partial charge in [-0.3, -0.25) is 0 Å². The van der Waals surface area contributed by atoms with Gasteiger partial charge in [-0.2, -0.15) is 0 Å². The highest BCUT2D eigenvalue weighted by molar-refractivity contribution is 5.86. The van der Waals surface area contributed by atoms with E-state index in [0.717, 1.165) is 0 Å². The Morgan fingerprint density at radius 3 is 2.47 bits per heavy atom. The molecule has 0 aliphatic carbocycles. The summed E-state index contributed by atoms with van der Waals surface area (Å²) < 4.78 is 4.08. The molecule has 0 saturated carbocycles. The highest BCUT2D eigenvalue weighted by Crippen LogP contribution is 2.13. The number of phenolic OH excluding ortho intramolecular Hbond substituents is 1. The van der Waals surface area contributed by atoms with Crippen LogP contribution in [-0.4, -0.2) is 23.7 Å². The first kappa shape index (κ1) is 10.8. The monoisotopic (exact) mass is 210 g/mol. The van der Waals surface area contributed by atoms with E-state index in [9.17, 15) is 9.59 Å². The van der Waals surface area contributed by atoms with Gasteiger partial charge in [-0.25, -0.2) is 9.59 Å². The molecular formula is C9H10N2O4. The number of carbonyl (C=O) groups excluding carboxylic acids is 2. The summed E-state index contributed by atoms with van der Waals surface area (Å²) in [7, 11) is 0. The molecule has 6 nitrogen and oxygen atoms in total. The van der Waals surface area contributed by atoms with Crippen molar-refractivity contribution in [1.29, 1.82) is 0 Å². The predicted octanol–water partition coefficient (Wildman–Crippen LogP) is 0.426. The quantitative estimate of drug-likeness (QED) is 0.381. The average molecular weight is 210 g/mol. The standard InChI is InChI=1S/C9H10N2O4/c10-9(14)15-8(13)5-11-6-1-3-7(12)4-2-6/h1-4,11-12H,5H2,(H2,10,14). The number of benzene rings is 1. The van der Waals surface area contributed by atoms with Crippen LogP contribution in [0.25, 0.3) is 0 Å². The smallest absolute Gasteiger partial charge is 0.412 e. The second kappa shape index (κ2) is 4.85. The Balaban J connectivity index is 2.40. The van der Waals surface area contributed by atoms with Crippen molar-refractivity contribution in [3.8, 4) is 5.75 Å². The van der Waals surface area contributed by atoms with Crippen LogP contribution in [0.3, 0.4) is 0 Å². The molecule has 1 amide bonds. The number of carbonyl (C=O) groups is 2. The third-order valence-corrected chi connectivity index (χ3v) is 1.52. The van der Waals surface area contributed by atoms with Crippen molar-refractivity contribution in [1.82, 2.24) is 0 Å². The lowest BCUT2D eigenvalue weighted by molar-refractivity contribution is -0.135. The Hall–Kier alpha value is -2.24. The minimum Gasteiger partial charge on any atom is -0.508 e. The number of phenols is 1. The Bertz CT molecular complexity index is 361. The van der Waals surface area contributed by atoms with Gasteiger partial charge in [-0.15, -0.1) is 0 Å². The number of aromatic hydroxyl groups is 1. The fourth-order valence-electron chi connectivity index (χ4n) is 0.902. The van der Waals surface area contributed by atoms with Crippen molar-refractivity contribution in [2.45, 2.75) is 0 Å². The molecule has 0 unspecified atom stereocenters. The summed E-state index contributed by atoms with van der Waals surface area (Å²) in [4.78, 5) is 21.0. The van der Waals surface area contributed by atoms with E-state index < -0.39 is 12.1 Å². The zero-order valence-corrected chi connectivity index (χ0v) is 7.77. The van der Waals surface area contributed by atoms with Gasteiger partial charge < -0.3 is 20.9 Å². The molecule has 1 aromatic carbocycles. The summed E-state index contributed by atoms with van der Waals surface area (Å²) in [6.07, 6.45) is -1.13. The number of primary amides is 1. The summed E-state index contributed by atoms with van der Waals surface area (Å²) in [6, 6.07) is 6.07. The molecule has 4 N–H and O–H groups in total. The van der Waals surface area contributed by atoms with Gasteiger partial charge in [0.05, 0.1) is 0 Å². The fraction of sp³-hybridized carbons (Fsp3) is 0.111. The zero-order valence-electron chi connectivity index (χ0n) is 7.77. The molecule has 0 fully saturated rings. The first-order valence-corrected chi connectivity index (χ1v) is 4.11. The Morgan fingerprint density at radius 2 is 1.93 bits per heavy atom. The van der Waals surface area contributed by atoms with E-state index >= 15 is 0 Å². The zero-order chi connectivity index (χ0) is 11.3. The van der Waals surface area contributed by atoms with E-state index in [1.807, 2.05) is 0 Å². The van der Waals surface area contributed by atoms with Crippen molar-refractivity contribution in [2.75, 3.05) is 11.9 Å². The lowest BCUT2D eigenvalue weighted by Gasteiger charge is -2.04. The normalized spacial score (nSPS) is 9.33. The number of hydrogen-bond acceptors (Lipinski definition) is 5. The molecule has 0 radical (unpaired) electrons. The van der Waals surface area contributed by atoms with Gasteiger partial charge in [-0.1, -0.05) is 0 Å². The van der Waals surface area contributed by atoms with Crippen LogP contribution >= 0.6 is 0 Å². The molecule has 80 valence electrons. The number of nitrogens with one attached hydrogen (secondary N) is 1.